The molecule has 0 aliphatic carbocycles. The Labute approximate surface area is 154 Å². The van der Waals surface area contributed by atoms with Gasteiger partial charge in [0.1, 0.15) is 5.71 Å². The average Bonchev–Trinajstić information content (AvgIpc) is 2.99. The number of aromatic nitrogens is 2. The molecule has 1 heterocycles. The van der Waals surface area contributed by atoms with Crippen LogP contribution in [0.3, 0.4) is 0 Å². The molecule has 0 saturated carbocycles. The zero-order valence-corrected chi connectivity index (χ0v) is 16.4. The van der Waals surface area contributed by atoms with Gasteiger partial charge < -0.3 is 15.2 Å². The third-order valence-corrected chi connectivity index (χ3v) is 2.99. The molecule has 24 heavy (non-hydrogen) atoms. The van der Waals surface area contributed by atoms with Crippen molar-refractivity contribution in [1.29, 1.82) is 0 Å². The van der Waals surface area contributed by atoms with Gasteiger partial charge in [0.25, 0.3) is 0 Å². The van der Waals surface area contributed by atoms with Gasteiger partial charge in [-0.3, -0.25) is 10.9 Å². The number of nitrogens with zero attached hydrogens (tertiary/aromatic N) is 4. The van der Waals surface area contributed by atoms with Gasteiger partial charge in [0.2, 0.25) is 0 Å². The van der Waals surface area contributed by atoms with Crippen molar-refractivity contribution in [1.82, 2.24) is 31.0 Å². The fraction of sp³-hybridized carbons (Fsp3) is 0.500. The van der Waals surface area contributed by atoms with Crippen LogP contribution in [-0.2, 0) is 7.05 Å². The maximum atomic E-state index is 5.08. The van der Waals surface area contributed by atoms with E-state index in [1.165, 1.54) is 5.49 Å². The molecule has 8 nitrogen and oxygen atoms in total. The van der Waals surface area contributed by atoms with Crippen LogP contribution >= 0.6 is 24.4 Å². The van der Waals surface area contributed by atoms with E-state index >= 15 is 0 Å². The van der Waals surface area contributed by atoms with E-state index < -0.39 is 0 Å². The van der Waals surface area contributed by atoms with Crippen LogP contribution in [0.25, 0.3) is 0 Å². The van der Waals surface area contributed by atoms with Crippen molar-refractivity contribution < 1.29 is 0 Å². The quantitative estimate of drug-likeness (QED) is 0.320. The van der Waals surface area contributed by atoms with E-state index in [1.54, 1.807) is 12.5 Å². The first-order chi connectivity index (χ1) is 11.5. The van der Waals surface area contributed by atoms with Gasteiger partial charge in [0.15, 0.2) is 5.11 Å². The monoisotopic (exact) mass is 370 g/mol. The van der Waals surface area contributed by atoms with Crippen LogP contribution < -0.4 is 21.5 Å². The summed E-state index contributed by atoms with van der Waals surface area (Å²) in [6.45, 7) is 7.63. The number of imidazole rings is 1. The molecular weight excluding hydrogens is 344 g/mol. The number of thiocarbonyl (C=S) groups is 2. The van der Waals surface area contributed by atoms with E-state index in [0.29, 0.717) is 16.5 Å². The zero-order valence-electron chi connectivity index (χ0n) is 14.8. The van der Waals surface area contributed by atoms with Crippen molar-refractivity contribution in [2.45, 2.75) is 20.8 Å². The van der Waals surface area contributed by atoms with Gasteiger partial charge in [-0.05, 0) is 39.7 Å². The summed E-state index contributed by atoms with van der Waals surface area (Å²) in [7, 11) is 3.81. The Morgan fingerprint density at radius 1 is 1.33 bits per heavy atom. The molecule has 0 radical (unpaired) electrons. The molecule has 0 fully saturated rings. The first-order valence-corrected chi connectivity index (χ1v) is 8.36. The minimum Gasteiger partial charge on any atom is -0.362 e. The zero-order chi connectivity index (χ0) is 18.4. The van der Waals surface area contributed by atoms with Crippen LogP contribution in [0.15, 0.2) is 22.7 Å². The van der Waals surface area contributed by atoms with Crippen molar-refractivity contribution in [2.24, 2.45) is 17.3 Å². The van der Waals surface area contributed by atoms with Crippen molar-refractivity contribution in [2.75, 3.05) is 20.1 Å². The third-order valence-electron chi connectivity index (χ3n) is 2.65. The van der Waals surface area contributed by atoms with Crippen molar-refractivity contribution >= 4 is 46.5 Å². The van der Waals surface area contributed by atoms with Gasteiger partial charge in [-0.25, -0.2) is 4.98 Å². The number of hydrogen-bond donors (Lipinski definition) is 4. The minimum absolute atomic E-state index is 0.447. The summed E-state index contributed by atoms with van der Waals surface area (Å²) < 4.78 is 1.84. The molecule has 0 aromatic carbocycles. The second kappa shape index (κ2) is 13.5. The summed E-state index contributed by atoms with van der Waals surface area (Å²) in [5.41, 5.74) is 8.80. The van der Waals surface area contributed by atoms with Crippen LogP contribution in [0, 0.1) is 0 Å². The lowest BCUT2D eigenvalue weighted by Crippen LogP contribution is -2.33. The molecule has 1 aromatic rings. The van der Waals surface area contributed by atoms with E-state index in [2.05, 4.69) is 55.8 Å². The Bertz CT molecular complexity index is 563. The summed E-state index contributed by atoms with van der Waals surface area (Å²) >= 11 is 9.75. The molecule has 134 valence electrons. The number of aryl methyl sites for hydroxylation is 1. The normalized spacial score (nSPS) is 11.2. The van der Waals surface area contributed by atoms with Crippen molar-refractivity contribution in [3.8, 4) is 0 Å². The topological polar surface area (TPSA) is 90.7 Å². The summed E-state index contributed by atoms with van der Waals surface area (Å²) in [4.78, 5) is 4.07. The van der Waals surface area contributed by atoms with Gasteiger partial charge in [-0.2, -0.15) is 10.2 Å². The van der Waals surface area contributed by atoms with Crippen LogP contribution in [0.5, 0.6) is 0 Å². The summed E-state index contributed by atoms with van der Waals surface area (Å²) in [6, 6.07) is 0. The summed E-state index contributed by atoms with van der Waals surface area (Å²) in [6.07, 6.45) is 3.39. The maximum absolute atomic E-state index is 5.08. The third kappa shape index (κ3) is 8.65. The number of hydrogen-bond acceptors (Lipinski definition) is 6. The average molecular weight is 371 g/mol. The van der Waals surface area contributed by atoms with Gasteiger partial charge in [0, 0.05) is 13.6 Å². The highest BCUT2D eigenvalue weighted by Crippen LogP contribution is 2.01. The first-order valence-electron chi connectivity index (χ1n) is 7.48. The van der Waals surface area contributed by atoms with E-state index in [-0.39, 0.29) is 0 Å². The molecule has 0 bridgehead atoms. The van der Waals surface area contributed by atoms with Gasteiger partial charge in [0.05, 0.1) is 29.4 Å². The summed E-state index contributed by atoms with van der Waals surface area (Å²) in [5.74, 6) is 0. The molecule has 0 saturated heterocycles. The Hall–Kier alpha value is -1.91. The smallest absolute Gasteiger partial charge is 0.186 e. The molecule has 0 aliphatic rings. The fourth-order valence-corrected chi connectivity index (χ4v) is 1.63. The van der Waals surface area contributed by atoms with E-state index in [9.17, 15) is 0 Å². The highest BCUT2D eigenvalue weighted by atomic mass is 32.1. The Kier molecular flexibility index (Phi) is 12.4. The highest BCUT2D eigenvalue weighted by molar-refractivity contribution is 7.80. The number of rotatable bonds is 7. The maximum Gasteiger partial charge on any atom is 0.186 e. The second-order valence-corrected chi connectivity index (χ2v) is 5.12. The second-order valence-electron chi connectivity index (χ2n) is 4.47. The first kappa shape index (κ1) is 22.1. The molecule has 1 rings (SSSR count). The minimum atomic E-state index is 0.447. The van der Waals surface area contributed by atoms with Crippen LogP contribution in [-0.4, -0.2) is 51.7 Å². The molecule has 1 aromatic heterocycles. The van der Waals surface area contributed by atoms with Crippen molar-refractivity contribution in [3.63, 3.8) is 0 Å². The lowest BCUT2D eigenvalue weighted by atomic mass is 10.2. The fourth-order valence-electron chi connectivity index (χ4n) is 1.39. The lowest BCUT2D eigenvalue weighted by molar-refractivity contribution is 0.864. The SMILES string of the molecule is CCNC.CCNC(=S)N/N=C(/C(C)=N/NC=S)c1cncn1C. The number of nitrogens with one attached hydrogen (secondary N) is 4. The molecule has 0 amide bonds. The van der Waals surface area contributed by atoms with Crippen LogP contribution in [0.2, 0.25) is 0 Å². The van der Waals surface area contributed by atoms with Crippen LogP contribution in [0.4, 0.5) is 0 Å². The van der Waals surface area contributed by atoms with E-state index in [0.717, 1.165) is 18.8 Å². The summed E-state index contributed by atoms with van der Waals surface area (Å²) in [5, 5.41) is 14.7. The molecule has 0 spiro atoms. The molecular formula is C14H26N8S2. The highest BCUT2D eigenvalue weighted by Gasteiger charge is 2.12. The van der Waals surface area contributed by atoms with Gasteiger partial charge in [-0.15, -0.1) is 0 Å². The molecule has 0 unspecified atom stereocenters. The predicted molar refractivity (Wildman–Crippen MR) is 109 cm³/mol. The molecule has 10 heteroatoms. The largest absolute Gasteiger partial charge is 0.362 e. The number of hydrazone groups is 2. The Morgan fingerprint density at radius 2 is 2.00 bits per heavy atom. The Balaban J connectivity index is 0.00000118. The molecule has 0 atom stereocenters. The van der Waals surface area contributed by atoms with Gasteiger partial charge >= 0.3 is 0 Å². The molecule has 4 N–H and O–H groups in total. The van der Waals surface area contributed by atoms with Gasteiger partial charge in [-0.1, -0.05) is 19.1 Å². The molecule has 0 aliphatic heterocycles. The predicted octanol–water partition coefficient (Wildman–Crippen LogP) is 0.757. The van der Waals surface area contributed by atoms with Crippen LogP contribution in [0.1, 0.15) is 26.5 Å². The van der Waals surface area contributed by atoms with Crippen molar-refractivity contribution in [3.05, 3.63) is 18.2 Å². The van der Waals surface area contributed by atoms with E-state index in [1.807, 2.05) is 32.5 Å². The Morgan fingerprint density at radius 3 is 2.46 bits per heavy atom. The van der Waals surface area contributed by atoms with E-state index in [4.69, 9.17) is 12.2 Å². The lowest BCUT2D eigenvalue weighted by Gasteiger charge is -2.09. The standard InChI is InChI=1S/C11H17N7S2.C3H9N/c1-4-13-11(20)17-16-10(8(2)15-14-7-19)9-5-12-6-18(9)3;1-3-4-2/h5-7H,4H2,1-3H3,(H,14,19)(H2,13,17,20);4H,3H2,1-2H3/b15-8+,16-10-;.